The largest absolute Gasteiger partial charge is 0.504 e. The topological polar surface area (TPSA) is 483 Å². The second-order valence-corrected chi connectivity index (χ2v) is 19.6. The quantitative estimate of drug-likeness (QED) is 0.0129. The number of ether oxygens (including phenoxy) is 11. The molecule has 31 nitrogen and oxygen atoms in total. The molecular formula is C56H58O31. The number of esters is 3. The minimum absolute atomic E-state index is 0.103. The minimum Gasteiger partial charge on any atom is -0.504 e. The summed E-state index contributed by atoms with van der Waals surface area (Å²) in [6, 6.07) is 13.0. The van der Waals surface area contributed by atoms with Gasteiger partial charge in [0.1, 0.15) is 111 Å². The highest BCUT2D eigenvalue weighted by atomic mass is 16.7. The molecule has 468 valence electrons. The molecule has 0 bridgehead atoms. The van der Waals surface area contributed by atoms with Gasteiger partial charge in [-0.25, -0.2) is 9.59 Å². The molecule has 3 fully saturated rings. The number of hydrogen-bond donors (Lipinski definition) is 14. The van der Waals surface area contributed by atoms with Crippen LogP contribution in [0.15, 0.2) is 88.1 Å². The molecule has 0 amide bonds. The first kappa shape index (κ1) is 64.2. The maximum Gasteiger partial charge on any atom is 0.330 e. The first-order chi connectivity index (χ1) is 41.3. The van der Waals surface area contributed by atoms with Crippen molar-refractivity contribution in [2.45, 2.75) is 98.5 Å². The molecule has 0 aromatic heterocycles. The average molecular weight is 1230 g/mol. The maximum absolute atomic E-state index is 14.0. The smallest absolute Gasteiger partial charge is 0.330 e. The lowest BCUT2D eigenvalue weighted by atomic mass is 9.99. The van der Waals surface area contributed by atoms with Crippen LogP contribution in [0.4, 0.5) is 0 Å². The SMILES string of the molecule is COc1cc(C=CC(=O)OC[C@H]2O[C@@H](Oc3cc4oc(-c5cc(O)c(O)c(O[C@@H]6O[C@H](COC(=O)C=Cc7ccc(O)c(OC)c7)[C@@H](O)[C@H](O)[C@H]6O)c5)c(O[C@@H]5O[C@H](COC(=O)CC(=O)O)[C@@H](O)[C@H](O)[C@H]5O)cc-4c(=O)c3)[C@H](O)[C@@H](O)[C@@H]2O)ccc1O. The first-order valence-electron chi connectivity index (χ1n) is 25.9. The van der Waals surface area contributed by atoms with E-state index in [9.17, 15) is 90.4 Å². The Balaban J connectivity index is 1.08. The third-order valence-corrected chi connectivity index (χ3v) is 13.6. The summed E-state index contributed by atoms with van der Waals surface area (Å²) in [5, 5.41) is 149. The van der Waals surface area contributed by atoms with Crippen LogP contribution in [0.25, 0.3) is 34.8 Å². The van der Waals surface area contributed by atoms with Gasteiger partial charge in [-0.2, -0.15) is 0 Å². The second-order valence-electron chi connectivity index (χ2n) is 19.6. The standard InChI is InChI=1S/C56H58O31/c1-76-32-11-22(3-7-27(32)57)5-9-40(63)78-19-36-44(67)47(70)50(73)54(85-36)81-25-15-29(59)26-17-35(84-56-52(75)49(72)46(69)38(87-56)21-80-42(65)18-39(61)62)53(82-31(26)16-25)24-13-30(60)43(66)34(14-24)83-55-51(74)48(71)45(68)37(86-55)20-79-41(64)10-6-23-4-8-28(58)33(12-23)77-2/h3-17,36-38,44-52,54-58,60,66-75H,18-21H2,1-2H3,(H,61,62)/t36-,37-,38-,44-,45-,46-,47+,48+,49+,50-,51-,52-,54-,55-,56-/m1/s1. The zero-order valence-electron chi connectivity index (χ0n) is 45.4. The molecule has 0 radical (unpaired) electrons. The molecule has 4 aliphatic heterocycles. The van der Waals surface area contributed by atoms with Gasteiger partial charge >= 0.3 is 23.9 Å². The summed E-state index contributed by atoms with van der Waals surface area (Å²) in [5.74, 6) is -9.87. The fourth-order valence-corrected chi connectivity index (χ4v) is 8.87. The minimum atomic E-state index is -2.17. The van der Waals surface area contributed by atoms with Gasteiger partial charge < -0.3 is 128 Å². The number of phenolic OH excluding ortho intramolecular Hbond substituents is 4. The summed E-state index contributed by atoms with van der Waals surface area (Å²) < 4.78 is 66.1. The van der Waals surface area contributed by atoms with Crippen LogP contribution < -0.4 is 29.1 Å². The van der Waals surface area contributed by atoms with Crippen molar-refractivity contribution in [1.82, 2.24) is 0 Å². The number of carboxylic acid groups (broad SMARTS) is 1. The van der Waals surface area contributed by atoms with Crippen molar-refractivity contribution in [3.8, 4) is 74.4 Å². The fraction of sp³-hybridized carbons (Fsp3) is 0.375. The Morgan fingerprint density at radius 2 is 0.966 bits per heavy atom. The van der Waals surface area contributed by atoms with Gasteiger partial charge in [0.2, 0.25) is 24.6 Å². The van der Waals surface area contributed by atoms with E-state index in [0.29, 0.717) is 11.1 Å². The Kier molecular flexibility index (Phi) is 20.4. The van der Waals surface area contributed by atoms with E-state index < -0.39 is 193 Å². The summed E-state index contributed by atoms with van der Waals surface area (Å²) in [6.45, 7) is -2.40. The van der Waals surface area contributed by atoms with Crippen molar-refractivity contribution in [3.05, 3.63) is 100 Å². The highest BCUT2D eigenvalue weighted by Gasteiger charge is 2.49. The molecule has 15 atom stereocenters. The van der Waals surface area contributed by atoms with Crippen LogP contribution in [0.1, 0.15) is 17.5 Å². The van der Waals surface area contributed by atoms with Gasteiger partial charge in [0.15, 0.2) is 51.4 Å². The molecule has 3 aromatic rings. The van der Waals surface area contributed by atoms with Gasteiger partial charge in [0.25, 0.3) is 0 Å². The first-order valence-corrected chi connectivity index (χ1v) is 25.9. The number of phenols is 4. The van der Waals surface area contributed by atoms with E-state index in [1.807, 2.05) is 0 Å². The summed E-state index contributed by atoms with van der Waals surface area (Å²) in [6.07, 6.45) is -25.8. The van der Waals surface area contributed by atoms with Crippen molar-refractivity contribution in [1.29, 1.82) is 0 Å². The van der Waals surface area contributed by atoms with E-state index in [0.717, 1.165) is 42.5 Å². The van der Waals surface area contributed by atoms with Crippen LogP contribution >= 0.6 is 0 Å². The van der Waals surface area contributed by atoms with Crippen LogP contribution in [0.5, 0.6) is 51.7 Å². The Morgan fingerprint density at radius 1 is 0.506 bits per heavy atom. The number of benzene rings is 4. The zero-order valence-corrected chi connectivity index (χ0v) is 45.4. The van der Waals surface area contributed by atoms with Gasteiger partial charge in [-0.3, -0.25) is 14.4 Å². The normalized spacial score (nSPS) is 27.3. The number of carboxylic acids is 1. The Bertz CT molecular complexity index is 3380. The lowest BCUT2D eigenvalue weighted by molar-refractivity contribution is -0.278. The number of carbonyl (C=O) groups is 4. The number of carbonyl (C=O) groups excluding carboxylic acids is 3. The van der Waals surface area contributed by atoms with Crippen molar-refractivity contribution in [2.75, 3.05) is 34.0 Å². The summed E-state index contributed by atoms with van der Waals surface area (Å²) >= 11 is 0. The number of rotatable bonds is 21. The van der Waals surface area contributed by atoms with E-state index in [1.165, 1.54) is 62.8 Å². The summed E-state index contributed by atoms with van der Waals surface area (Å²) in [7, 11) is 2.63. The van der Waals surface area contributed by atoms with Crippen LogP contribution in [0.2, 0.25) is 0 Å². The zero-order chi connectivity index (χ0) is 63.1. The van der Waals surface area contributed by atoms with E-state index in [4.69, 9.17) is 61.6 Å². The van der Waals surface area contributed by atoms with Crippen molar-refractivity contribution in [3.63, 3.8) is 0 Å². The molecule has 0 unspecified atom stereocenters. The van der Waals surface area contributed by atoms with E-state index in [2.05, 4.69) is 0 Å². The number of hydrogen-bond acceptors (Lipinski definition) is 30. The summed E-state index contributed by atoms with van der Waals surface area (Å²) in [5.41, 5.74) is -0.913. The predicted molar refractivity (Wildman–Crippen MR) is 285 cm³/mol. The molecule has 5 aliphatic rings. The van der Waals surface area contributed by atoms with Crippen molar-refractivity contribution in [2.24, 2.45) is 0 Å². The van der Waals surface area contributed by atoms with Crippen molar-refractivity contribution < 1.29 is 147 Å². The third-order valence-electron chi connectivity index (χ3n) is 13.6. The van der Waals surface area contributed by atoms with E-state index in [1.54, 1.807) is 0 Å². The molecule has 0 saturated carbocycles. The van der Waals surface area contributed by atoms with Gasteiger partial charge in [0, 0.05) is 29.8 Å². The molecular weight excluding hydrogens is 1170 g/mol. The lowest BCUT2D eigenvalue weighted by Crippen LogP contribution is -2.60. The highest BCUT2D eigenvalue weighted by molar-refractivity contribution is 5.90. The number of fused-ring (bicyclic) bond motifs is 1. The predicted octanol–water partition coefficient (Wildman–Crippen LogP) is -1.66. The molecule has 0 spiro atoms. The third kappa shape index (κ3) is 15.1. The number of aromatic hydroxyl groups is 4. The molecule has 31 heteroatoms. The fourth-order valence-electron chi connectivity index (χ4n) is 8.87. The van der Waals surface area contributed by atoms with E-state index >= 15 is 0 Å². The van der Waals surface area contributed by atoms with Crippen LogP contribution in [0.3, 0.4) is 0 Å². The highest BCUT2D eigenvalue weighted by Crippen LogP contribution is 2.46. The second kappa shape index (κ2) is 27.7. The van der Waals surface area contributed by atoms with Gasteiger partial charge in [-0.1, -0.05) is 12.1 Å². The van der Waals surface area contributed by atoms with Crippen molar-refractivity contribution >= 4 is 36.0 Å². The molecule has 14 N–H and O–H groups in total. The average Bonchev–Trinajstić information content (AvgIpc) is 1.67. The molecule has 8 rings (SSSR count). The Labute approximate surface area is 489 Å². The van der Waals surface area contributed by atoms with E-state index in [-0.39, 0.29) is 28.6 Å². The van der Waals surface area contributed by atoms with Gasteiger partial charge in [-0.05, 0) is 65.7 Å². The number of aliphatic hydroxyl groups is 9. The maximum atomic E-state index is 14.0. The van der Waals surface area contributed by atoms with Crippen LogP contribution in [-0.4, -0.2) is 222 Å². The Morgan fingerprint density at radius 3 is 1.44 bits per heavy atom. The number of aliphatic carboxylic acids is 1. The molecule has 4 heterocycles. The molecule has 87 heavy (non-hydrogen) atoms. The molecule has 1 aliphatic carbocycles. The number of methoxy groups -OCH3 is 2. The van der Waals surface area contributed by atoms with Gasteiger partial charge in [-0.15, -0.1) is 0 Å². The van der Waals surface area contributed by atoms with Gasteiger partial charge in [0.05, 0.1) is 19.8 Å². The monoisotopic (exact) mass is 1230 g/mol. The molecule has 3 saturated heterocycles. The van der Waals surface area contributed by atoms with Crippen LogP contribution in [-0.2, 0) is 47.6 Å². The summed E-state index contributed by atoms with van der Waals surface area (Å²) in [4.78, 5) is 62.5. The lowest BCUT2D eigenvalue weighted by Gasteiger charge is -2.40. The molecule has 3 aromatic carbocycles. The number of aliphatic hydroxyl groups excluding tert-OH is 9. The Hall–Kier alpha value is -8.83. The van der Waals surface area contributed by atoms with Crippen LogP contribution in [0, 0.1) is 0 Å².